The summed E-state index contributed by atoms with van der Waals surface area (Å²) >= 11 is 69.2. The van der Waals surface area contributed by atoms with Gasteiger partial charge >= 0.3 is 0 Å². The molecule has 0 spiro atoms. The van der Waals surface area contributed by atoms with Gasteiger partial charge in [-0.1, -0.05) is 194 Å². The number of rotatable bonds is 28. The molecule has 526 valence electrons. The molecule has 3 heterocycles. The van der Waals surface area contributed by atoms with Crippen LogP contribution in [0, 0.1) is 0 Å². The van der Waals surface area contributed by atoms with Crippen molar-refractivity contribution in [3.63, 3.8) is 0 Å². The lowest BCUT2D eigenvalue weighted by Crippen LogP contribution is -2.24. The van der Waals surface area contributed by atoms with E-state index in [0.717, 1.165) is 97.8 Å². The van der Waals surface area contributed by atoms with Crippen molar-refractivity contribution in [1.82, 2.24) is 0 Å². The van der Waals surface area contributed by atoms with Gasteiger partial charge in [-0.15, -0.1) is 11.6 Å². The molecule has 24 heteroatoms. The normalized spacial score (nSPS) is 13.9. The molecule has 0 aromatic heterocycles. The van der Waals surface area contributed by atoms with Gasteiger partial charge in [-0.2, -0.15) is 0 Å². The molecular weight excluding hydrogens is 1490 g/mol. The lowest BCUT2D eigenvalue weighted by molar-refractivity contribution is 0.131. The van der Waals surface area contributed by atoms with Gasteiger partial charge in [-0.3, -0.25) is 0 Å². The standard InChI is InChI=1S/C27H28Cl2O4.C23H24Cl4O4.C20H22Cl2O4.C3H4Cl4/c1-27(2)17-20-11-8-12-23(26(20)33-27)30-13-6-7-14-31-24-16-21(15-22(28)25(24)29)32-18-19-9-4-3-5-10-19;1-23(2)14-15-6-5-7-18(22(15)31-23)29-9-3-4-10-30-19-13-16(12-17(24)21(19)27)28-11-8-20(25)26;1-20(2)12-13-6-5-7-16(19(13)26-20)24-8-3-4-9-25-17-11-14(23)10-15(21)18(17)22;4-2-1-3(5,6)7/h3-5,8-12,15-16H,6-7,13-14,17-18H2,1-2H3;5-8,12-13H,3-4,9-11,14H2,1-2H3;5-7,10-11,23H,3-4,8-9,12H2,1-2H3;1-2H2. The first-order chi connectivity index (χ1) is 46.1. The zero-order chi connectivity index (χ0) is 70.3. The zero-order valence-corrected chi connectivity index (χ0v) is 63.6. The van der Waals surface area contributed by atoms with Crippen LogP contribution in [-0.2, 0) is 25.9 Å². The Kier molecular flexibility index (Phi) is 31.6. The molecule has 12 nitrogen and oxygen atoms in total. The van der Waals surface area contributed by atoms with Crippen molar-refractivity contribution in [3.8, 4) is 69.0 Å². The van der Waals surface area contributed by atoms with Crippen LogP contribution in [0.2, 0.25) is 30.1 Å². The van der Waals surface area contributed by atoms with Gasteiger partial charge in [0.05, 0.1) is 54.7 Å². The molecule has 0 saturated heterocycles. The van der Waals surface area contributed by atoms with Gasteiger partial charge in [0.2, 0.25) is 0 Å². The number of benzene rings is 7. The van der Waals surface area contributed by atoms with Crippen molar-refractivity contribution < 1.29 is 57.2 Å². The second-order valence-corrected chi connectivity index (χ2v) is 30.6. The number of aromatic hydroxyl groups is 1. The smallest absolute Gasteiger partial charge is 0.191 e. The van der Waals surface area contributed by atoms with Crippen LogP contribution in [0.4, 0.5) is 0 Å². The highest BCUT2D eigenvalue weighted by atomic mass is 35.6. The van der Waals surface area contributed by atoms with Gasteiger partial charge in [0, 0.05) is 84.7 Å². The summed E-state index contributed by atoms with van der Waals surface area (Å²) in [4.78, 5) is 0. The Bertz CT molecular complexity index is 3690. The van der Waals surface area contributed by atoms with E-state index >= 15 is 0 Å². The van der Waals surface area contributed by atoms with E-state index in [-0.39, 0.29) is 38.7 Å². The third-order valence-electron chi connectivity index (χ3n) is 14.4. The molecule has 0 saturated carbocycles. The summed E-state index contributed by atoms with van der Waals surface area (Å²) in [6.07, 6.45) is 9.44. The van der Waals surface area contributed by atoms with Crippen LogP contribution in [0.25, 0.3) is 0 Å². The molecule has 0 fully saturated rings. The zero-order valence-electron chi connectivity index (χ0n) is 54.5. The Labute approximate surface area is 629 Å². The Hall–Kier alpha value is -4.64. The SMILES string of the molecule is CC1(C)Cc2cccc(OCCCCOc3cc(O)cc(Cl)c3Cl)c2O1.CC1(C)Cc2cccc(OCCCCOc3cc(OCC=C(Cl)Cl)cc(Cl)c3Cl)c2O1.CC1(C)Cc2cccc(OCCCCOc3cc(OCc4ccccc4)cc(Cl)c3Cl)c2O1.ClCCC(Cl)(Cl)Cl. The van der Waals surface area contributed by atoms with Crippen LogP contribution >= 0.6 is 139 Å². The molecule has 7 aromatic carbocycles. The summed E-state index contributed by atoms with van der Waals surface area (Å²) in [5.74, 6) is 7.86. The number of para-hydroxylation sites is 3. The summed E-state index contributed by atoms with van der Waals surface area (Å²) in [6, 6.07) is 37.7. The molecule has 3 aliphatic heterocycles. The van der Waals surface area contributed by atoms with E-state index in [9.17, 15) is 5.11 Å². The second-order valence-electron chi connectivity index (χ2n) is 24.4. The highest BCUT2D eigenvalue weighted by Crippen LogP contribution is 2.46. The van der Waals surface area contributed by atoms with Crippen LogP contribution in [0.3, 0.4) is 0 Å². The number of hydrogen-bond acceptors (Lipinski definition) is 12. The van der Waals surface area contributed by atoms with Crippen molar-refractivity contribution in [2.75, 3.05) is 52.1 Å². The molecule has 0 unspecified atom stereocenters. The fourth-order valence-corrected chi connectivity index (χ4v) is 12.0. The molecular formula is C73H78Cl12O12. The number of unbranched alkanes of at least 4 members (excludes halogenated alkanes) is 3. The van der Waals surface area contributed by atoms with E-state index in [4.69, 9.17) is 191 Å². The van der Waals surface area contributed by atoms with Crippen molar-refractivity contribution in [3.05, 3.63) is 184 Å². The summed E-state index contributed by atoms with van der Waals surface area (Å²) in [6.45, 7) is 16.3. The van der Waals surface area contributed by atoms with Crippen LogP contribution in [-0.4, -0.2) is 77.8 Å². The molecule has 3 aliphatic rings. The number of halogens is 12. The molecule has 0 amide bonds. The van der Waals surface area contributed by atoms with Crippen LogP contribution in [0.15, 0.2) is 132 Å². The van der Waals surface area contributed by atoms with Crippen molar-refractivity contribution >= 4 is 139 Å². The molecule has 97 heavy (non-hydrogen) atoms. The maximum Gasteiger partial charge on any atom is 0.191 e. The molecule has 7 aromatic rings. The number of alkyl halides is 4. The molecule has 0 radical (unpaired) electrons. The molecule has 10 rings (SSSR count). The van der Waals surface area contributed by atoms with E-state index in [2.05, 4.69) is 59.7 Å². The predicted octanol–water partition coefficient (Wildman–Crippen LogP) is 23.8. The van der Waals surface area contributed by atoms with Gasteiger partial charge in [-0.25, -0.2) is 0 Å². The average Bonchev–Trinajstić information content (AvgIpc) is 1.67. The topological polar surface area (TPSA) is 122 Å². The minimum atomic E-state index is -1.16. The maximum atomic E-state index is 9.54. The van der Waals surface area contributed by atoms with Crippen LogP contribution < -0.4 is 52.1 Å². The Morgan fingerprint density at radius 1 is 0.443 bits per heavy atom. The summed E-state index contributed by atoms with van der Waals surface area (Å²) in [7, 11) is 0. The summed E-state index contributed by atoms with van der Waals surface area (Å²) < 4.78 is 63.5. The Morgan fingerprint density at radius 3 is 1.14 bits per heavy atom. The van der Waals surface area contributed by atoms with E-state index in [1.54, 1.807) is 24.3 Å². The van der Waals surface area contributed by atoms with Gasteiger partial charge in [0.25, 0.3) is 0 Å². The second kappa shape index (κ2) is 38.4. The number of phenols is 1. The van der Waals surface area contributed by atoms with Gasteiger partial charge < -0.3 is 57.2 Å². The number of fused-ring (bicyclic) bond motifs is 3. The lowest BCUT2D eigenvalue weighted by atomic mass is 10.0. The molecule has 0 atom stereocenters. The Balaban J connectivity index is 0.000000196. The number of hydrogen-bond donors (Lipinski definition) is 1. The van der Waals surface area contributed by atoms with E-state index in [0.29, 0.717) is 112 Å². The minimum absolute atomic E-state index is 0.0265. The minimum Gasteiger partial charge on any atom is -0.508 e. The third-order valence-corrected chi connectivity index (χ3v) is 17.8. The fraction of sp³-hybridized carbons (Fsp3) is 0.397. The first kappa shape index (κ1) is 79.7. The average molecular weight is 1570 g/mol. The highest BCUT2D eigenvalue weighted by Gasteiger charge is 2.35. The van der Waals surface area contributed by atoms with Crippen molar-refractivity contribution in [2.45, 2.75) is 133 Å². The highest BCUT2D eigenvalue weighted by molar-refractivity contribution is 6.67. The quantitative estimate of drug-likeness (QED) is 0.0371. The maximum absolute atomic E-state index is 9.54. The summed E-state index contributed by atoms with van der Waals surface area (Å²) in [5.41, 5.74) is 4.08. The van der Waals surface area contributed by atoms with Crippen LogP contribution in [0.1, 0.15) is 109 Å². The van der Waals surface area contributed by atoms with E-state index < -0.39 is 3.79 Å². The largest absolute Gasteiger partial charge is 0.508 e. The predicted molar refractivity (Wildman–Crippen MR) is 398 cm³/mol. The van der Waals surface area contributed by atoms with E-state index in [1.165, 1.54) is 34.9 Å². The first-order valence-electron chi connectivity index (χ1n) is 31.4. The van der Waals surface area contributed by atoms with Gasteiger partial charge in [0.1, 0.15) is 84.1 Å². The van der Waals surface area contributed by atoms with Crippen molar-refractivity contribution in [2.24, 2.45) is 0 Å². The number of phenolic OH excluding ortho intramolecular Hbond substituents is 1. The molecule has 1 N–H and O–H groups in total. The van der Waals surface area contributed by atoms with Crippen molar-refractivity contribution in [1.29, 1.82) is 0 Å². The Morgan fingerprint density at radius 2 is 0.794 bits per heavy atom. The monoisotopic (exact) mass is 1570 g/mol. The van der Waals surface area contributed by atoms with Gasteiger partial charge in [-0.05, 0) is 110 Å². The fourth-order valence-electron chi connectivity index (χ4n) is 9.97. The third kappa shape index (κ3) is 26.7. The number of ether oxygens (including phenoxy) is 11. The van der Waals surface area contributed by atoms with E-state index in [1.807, 2.05) is 66.7 Å². The molecule has 0 aliphatic carbocycles. The first-order valence-corrected chi connectivity index (χ1v) is 36.1. The van der Waals surface area contributed by atoms with Crippen LogP contribution in [0.5, 0.6) is 69.0 Å². The molecule has 0 bridgehead atoms. The summed E-state index contributed by atoms with van der Waals surface area (Å²) in [5, 5.41) is 11.6. The van der Waals surface area contributed by atoms with Gasteiger partial charge in [0.15, 0.2) is 38.3 Å². The lowest BCUT2D eigenvalue weighted by Gasteiger charge is -2.18.